The molecule has 0 aromatic carbocycles. The van der Waals surface area contributed by atoms with Crippen LogP contribution in [0.15, 0.2) is 0 Å². The minimum atomic E-state index is -3.69. The minimum Gasteiger partial charge on any atom is -0.330 e. The molecule has 0 spiro atoms. The molecule has 0 unspecified atom stereocenters. The van der Waals surface area contributed by atoms with Gasteiger partial charge in [-0.2, -0.15) is 0 Å². The van der Waals surface area contributed by atoms with Gasteiger partial charge >= 0.3 is 0 Å². The minimum absolute atomic E-state index is 0.669. The molecular formula is C5H14N2. The fraction of sp³-hybridized carbons (Fsp3) is 1.00. The van der Waals surface area contributed by atoms with Crippen molar-refractivity contribution in [2.24, 2.45) is 5.73 Å². The monoisotopic (exact) mass is 114 g/mol. The molecule has 0 saturated carbocycles. The Hall–Kier alpha value is -0.0800. The summed E-state index contributed by atoms with van der Waals surface area (Å²) in [6, 6.07) is 0. The van der Waals surface area contributed by atoms with Crippen molar-refractivity contribution in [1.82, 2.24) is 4.90 Å². The molecule has 0 atom stereocenters. The molecule has 0 fully saturated rings. The molecule has 0 bridgehead atoms. The van der Waals surface area contributed by atoms with Crippen LogP contribution in [0.4, 0.5) is 0 Å². The summed E-state index contributed by atoms with van der Waals surface area (Å²) in [7, 11) is 0. The van der Waals surface area contributed by atoms with Gasteiger partial charge in [-0.15, -0.1) is 0 Å². The van der Waals surface area contributed by atoms with Gasteiger partial charge in [-0.05, 0) is 33.3 Å². The van der Waals surface area contributed by atoms with Crippen molar-refractivity contribution in [2.75, 3.05) is 26.9 Å². The molecule has 0 aliphatic rings. The highest BCUT2D eigenvalue weighted by Gasteiger charge is 1.83. The van der Waals surface area contributed by atoms with Crippen LogP contribution in [-0.2, 0) is 0 Å². The summed E-state index contributed by atoms with van der Waals surface area (Å²) in [6.45, 7) is -14.0. The Kier molecular flexibility index (Phi) is 0.441. The zero-order valence-corrected chi connectivity index (χ0v) is 3.52. The summed E-state index contributed by atoms with van der Waals surface area (Å²) >= 11 is 0. The third-order valence-electron chi connectivity index (χ3n) is 0.240. The van der Waals surface area contributed by atoms with Crippen molar-refractivity contribution in [2.45, 2.75) is 6.37 Å². The largest absolute Gasteiger partial charge is 0.330 e. The summed E-state index contributed by atoms with van der Waals surface area (Å²) in [4.78, 5) is -0.669. The van der Waals surface area contributed by atoms with E-state index in [0.29, 0.717) is 0 Å². The van der Waals surface area contributed by atoms with Crippen LogP contribution in [0.25, 0.3) is 0 Å². The van der Waals surface area contributed by atoms with Crippen LogP contribution in [0.1, 0.15) is 22.8 Å². The average Bonchev–Trinajstić information content (AvgIpc) is 1.92. The second-order valence-electron chi connectivity index (χ2n) is 0.717. The SMILES string of the molecule is [2H]C([2H])([2H])N(C([2H])([2H])[2H])C([2H])([2H])C([2H])([2H])C([2H])([2H])N. The first-order valence-electron chi connectivity index (χ1n) is 7.46. The first-order valence-corrected chi connectivity index (χ1v) is 1.46. The lowest BCUT2D eigenvalue weighted by Crippen LogP contribution is -2.16. The van der Waals surface area contributed by atoms with Gasteiger partial charge in [0.1, 0.15) is 0 Å². The molecule has 2 heteroatoms. The lowest BCUT2D eigenvalue weighted by atomic mass is 10.4. The van der Waals surface area contributed by atoms with E-state index in [4.69, 9.17) is 22.2 Å². The third kappa shape index (κ3) is 5.92. The molecule has 0 saturated heterocycles. The molecule has 0 rings (SSSR count). The van der Waals surface area contributed by atoms with E-state index in [1.807, 2.05) is 0 Å². The summed E-state index contributed by atoms with van der Waals surface area (Å²) < 4.78 is 85.6. The highest BCUT2D eigenvalue weighted by molar-refractivity contribution is 4.42. The first-order chi connectivity index (χ1) is 7.87. The molecule has 0 aromatic rings. The van der Waals surface area contributed by atoms with Crippen LogP contribution < -0.4 is 5.73 Å². The van der Waals surface area contributed by atoms with E-state index in [9.17, 15) is 0 Å². The molecule has 0 amide bonds. The lowest BCUT2D eigenvalue weighted by molar-refractivity contribution is 0.403. The van der Waals surface area contributed by atoms with Gasteiger partial charge in [0.05, 0.1) is 0 Å². The van der Waals surface area contributed by atoms with Gasteiger partial charge < -0.3 is 10.6 Å². The third-order valence-corrected chi connectivity index (χ3v) is 0.240. The van der Waals surface area contributed by atoms with Crippen molar-refractivity contribution in [3.63, 3.8) is 0 Å². The summed E-state index contributed by atoms with van der Waals surface area (Å²) in [6.07, 6.45) is -3.58. The highest BCUT2D eigenvalue weighted by Crippen LogP contribution is 1.76. The Labute approximate surface area is 62.2 Å². The normalized spacial score (nSPS) is 45.4. The molecule has 2 N–H and O–H groups in total. The maximum absolute atomic E-state index is 7.43. The maximum Gasteiger partial charge on any atom is 0.0431 e. The maximum atomic E-state index is 7.43. The molecular weight excluding hydrogens is 88.1 g/mol. The molecule has 2 nitrogen and oxygen atoms in total. The van der Waals surface area contributed by atoms with E-state index in [0.717, 1.165) is 0 Å². The number of hydrogen-bond acceptors (Lipinski definition) is 2. The first kappa shape index (κ1) is 0.755. The van der Waals surface area contributed by atoms with E-state index < -0.39 is 38.2 Å². The number of nitrogens with zero attached hydrogens (tertiary/aromatic N) is 1. The van der Waals surface area contributed by atoms with Crippen molar-refractivity contribution in [1.29, 1.82) is 0 Å². The van der Waals surface area contributed by atoms with Gasteiger partial charge in [0.2, 0.25) is 0 Å². The smallest absolute Gasteiger partial charge is 0.0431 e. The van der Waals surface area contributed by atoms with Crippen LogP contribution >= 0.6 is 0 Å². The quantitative estimate of drug-likeness (QED) is 0.555. The Bertz CT molecular complexity index is 306. The predicted octanol–water partition coefficient (Wildman–Crippen LogP) is -0.103. The van der Waals surface area contributed by atoms with E-state index in [1.165, 1.54) is 0 Å². The predicted molar refractivity (Wildman–Crippen MR) is 32.2 cm³/mol. The standard InChI is InChI=1S/C5H14N2/c1-7(2)5-3-4-6/h3-6H2,1-2H3/i1D3,2D3,3D2,4D2,5D2. The zero-order chi connectivity index (χ0) is 16.1. The zero-order valence-electron chi connectivity index (χ0n) is 15.5. The van der Waals surface area contributed by atoms with Crippen molar-refractivity contribution < 1.29 is 16.4 Å². The van der Waals surface area contributed by atoms with Crippen molar-refractivity contribution in [3.05, 3.63) is 0 Å². The number of rotatable bonds is 3. The fourth-order valence-electron chi connectivity index (χ4n) is 0.0882. The molecule has 0 radical (unpaired) electrons. The lowest BCUT2D eigenvalue weighted by Gasteiger charge is -2.05. The van der Waals surface area contributed by atoms with Gasteiger partial charge in [0.25, 0.3) is 0 Å². The molecule has 7 heavy (non-hydrogen) atoms. The van der Waals surface area contributed by atoms with Crippen LogP contribution in [0.3, 0.4) is 0 Å². The van der Waals surface area contributed by atoms with E-state index >= 15 is 0 Å². The van der Waals surface area contributed by atoms with Gasteiger partial charge in [-0.3, -0.25) is 0 Å². The Morgan fingerprint density at radius 3 is 3.00 bits per heavy atom. The summed E-state index contributed by atoms with van der Waals surface area (Å²) in [5.41, 5.74) is 4.85. The van der Waals surface area contributed by atoms with Crippen LogP contribution in [0.5, 0.6) is 0 Å². The number of hydrogen-bond donors (Lipinski definition) is 1. The van der Waals surface area contributed by atoms with Crippen molar-refractivity contribution >= 4 is 0 Å². The van der Waals surface area contributed by atoms with E-state index in [1.54, 1.807) is 0 Å². The summed E-state index contributed by atoms with van der Waals surface area (Å²) in [5, 5.41) is 0. The van der Waals surface area contributed by atoms with Crippen molar-refractivity contribution in [3.8, 4) is 0 Å². The van der Waals surface area contributed by atoms with E-state index in [2.05, 4.69) is 0 Å². The Balaban J connectivity index is 5.97. The molecule has 44 valence electrons. The fourth-order valence-corrected chi connectivity index (χ4v) is 0.0882. The van der Waals surface area contributed by atoms with Crippen LogP contribution in [0, 0.1) is 0 Å². The van der Waals surface area contributed by atoms with Gasteiger partial charge in [0, 0.05) is 16.4 Å². The topological polar surface area (TPSA) is 29.3 Å². The van der Waals surface area contributed by atoms with E-state index in [-0.39, 0.29) is 0 Å². The summed E-state index contributed by atoms with van der Waals surface area (Å²) in [5.74, 6) is 0. The highest BCUT2D eigenvalue weighted by atomic mass is 15.0. The average molecular weight is 114 g/mol. The second kappa shape index (κ2) is 4.09. The van der Waals surface area contributed by atoms with Gasteiger partial charge in [-0.25, -0.2) is 0 Å². The molecule has 0 aliphatic heterocycles. The molecule has 0 heterocycles. The second-order valence-corrected chi connectivity index (χ2v) is 0.717. The number of nitrogens with two attached hydrogens (primary N) is 1. The van der Waals surface area contributed by atoms with Crippen LogP contribution in [-0.4, -0.2) is 31.8 Å². The molecule has 0 aromatic heterocycles. The van der Waals surface area contributed by atoms with Crippen LogP contribution in [0.2, 0.25) is 0 Å². The Morgan fingerprint density at radius 1 is 1.86 bits per heavy atom. The van der Waals surface area contributed by atoms with Gasteiger partial charge in [-0.1, -0.05) is 0 Å². The van der Waals surface area contributed by atoms with Gasteiger partial charge in [0.15, 0.2) is 0 Å². The Morgan fingerprint density at radius 2 is 2.57 bits per heavy atom. The molecule has 0 aliphatic carbocycles.